The molecule has 9 nitrogen and oxygen atoms in total. The fourth-order valence-electron chi connectivity index (χ4n) is 3.19. The highest BCUT2D eigenvalue weighted by atomic mass is 35.5. The minimum absolute atomic E-state index is 0.107. The molecule has 0 radical (unpaired) electrons. The van der Waals surface area contributed by atoms with Crippen molar-refractivity contribution in [1.82, 2.24) is 19.7 Å². The number of hydrogen-bond acceptors (Lipinski definition) is 9. The van der Waals surface area contributed by atoms with Gasteiger partial charge in [0, 0.05) is 22.0 Å². The van der Waals surface area contributed by atoms with E-state index < -0.39 is 36.4 Å². The summed E-state index contributed by atoms with van der Waals surface area (Å²) in [5.74, 6) is 0.107. The Labute approximate surface area is 195 Å². The zero-order valence-corrected chi connectivity index (χ0v) is 18.7. The third kappa shape index (κ3) is 4.57. The third-order valence-electron chi connectivity index (χ3n) is 4.63. The first-order valence-corrected chi connectivity index (χ1v) is 11.4. The normalized spacial score (nSPS) is 26.0. The minimum atomic E-state index is -1.23. The van der Waals surface area contributed by atoms with Gasteiger partial charge in [-0.1, -0.05) is 29.8 Å². The molecule has 4 heterocycles. The Bertz CT molecular complexity index is 1120. The van der Waals surface area contributed by atoms with E-state index in [1.807, 2.05) is 0 Å². The average molecular weight is 500 g/mol. The third-order valence-corrected chi connectivity index (χ3v) is 7.22. The smallest absolute Gasteiger partial charge is 0.283 e. The Morgan fingerprint density at radius 1 is 1.29 bits per heavy atom. The second-order valence-corrected chi connectivity index (χ2v) is 9.41. The molecule has 5 atom stereocenters. The fraction of sp³-hybridized carbons (Fsp3) is 0.333. The lowest BCUT2D eigenvalue weighted by molar-refractivity contribution is -0.178. The molecule has 3 N–H and O–H groups in total. The highest BCUT2D eigenvalue weighted by Gasteiger charge is 2.46. The van der Waals surface area contributed by atoms with E-state index >= 15 is 0 Å². The molecule has 3 aromatic rings. The summed E-state index contributed by atoms with van der Waals surface area (Å²) in [4.78, 5) is 12.0. The molecule has 0 saturated carbocycles. The van der Waals surface area contributed by atoms with E-state index in [4.69, 9.17) is 34.5 Å². The Morgan fingerprint density at radius 2 is 2.10 bits per heavy atom. The number of aliphatic hydroxyl groups is 3. The van der Waals surface area contributed by atoms with Gasteiger partial charge in [-0.05, 0) is 6.07 Å². The zero-order chi connectivity index (χ0) is 22.1. The number of nitrogens with zero attached hydrogens (tertiary/aromatic N) is 5. The van der Waals surface area contributed by atoms with Gasteiger partial charge in [-0.25, -0.2) is 4.98 Å². The largest absolute Gasteiger partial charge is 0.394 e. The lowest BCUT2D eigenvalue weighted by atomic mass is 9.97. The number of hydrogen-bond donors (Lipinski definition) is 3. The summed E-state index contributed by atoms with van der Waals surface area (Å²) in [5, 5.41) is 38.8. The molecule has 162 valence electrons. The van der Waals surface area contributed by atoms with Gasteiger partial charge >= 0.3 is 0 Å². The Morgan fingerprint density at radius 3 is 2.77 bits per heavy atom. The summed E-state index contributed by atoms with van der Waals surface area (Å²) in [6.07, 6.45) is 1.11. The first-order valence-electron chi connectivity index (χ1n) is 8.89. The van der Waals surface area contributed by atoms with Crippen molar-refractivity contribution in [2.45, 2.75) is 34.7 Å². The van der Waals surface area contributed by atoms with Gasteiger partial charge in [-0.15, -0.1) is 28.1 Å². The van der Waals surface area contributed by atoms with Crippen molar-refractivity contribution in [2.75, 3.05) is 6.61 Å². The molecular weight excluding hydrogens is 485 g/mol. The quantitative estimate of drug-likeness (QED) is 0.458. The van der Waals surface area contributed by atoms with E-state index in [9.17, 15) is 15.3 Å². The molecule has 13 heteroatoms. The second-order valence-electron chi connectivity index (χ2n) is 6.59. The van der Waals surface area contributed by atoms with Gasteiger partial charge in [0.2, 0.25) is 0 Å². The highest BCUT2D eigenvalue weighted by Crippen LogP contribution is 2.41. The van der Waals surface area contributed by atoms with E-state index in [0.29, 0.717) is 25.6 Å². The number of rotatable bonds is 5. The number of thiazole rings is 1. The molecule has 31 heavy (non-hydrogen) atoms. The standard InChI is InChI=1S/C18H15Cl2N5O4S2/c1-21-16-11(2-9(19)4-22-16)31-18-15(28)13(14(27)10(6-26)29-18)25-5-8(3-23-25)17-24-12(20)7-30-17/h2-5,7,10,13-15,18,26-28H,6H2/t10?,13-,14-,15?,18+/m0/s1. The maximum absolute atomic E-state index is 11.0. The molecule has 0 amide bonds. The Balaban J connectivity index is 1.64. The maximum Gasteiger partial charge on any atom is 0.283 e. The predicted molar refractivity (Wildman–Crippen MR) is 117 cm³/mol. The summed E-state index contributed by atoms with van der Waals surface area (Å²) in [6.45, 7) is 6.81. The van der Waals surface area contributed by atoms with Crippen LogP contribution in [0.2, 0.25) is 10.2 Å². The van der Waals surface area contributed by atoms with Crippen molar-refractivity contribution < 1.29 is 20.1 Å². The van der Waals surface area contributed by atoms with Gasteiger partial charge in [-0.3, -0.25) is 4.68 Å². The molecule has 1 fully saturated rings. The first-order chi connectivity index (χ1) is 14.9. The van der Waals surface area contributed by atoms with Gasteiger partial charge in [-0.2, -0.15) is 5.10 Å². The van der Waals surface area contributed by atoms with E-state index in [0.717, 1.165) is 11.8 Å². The predicted octanol–water partition coefficient (Wildman–Crippen LogP) is 3.03. The molecule has 0 spiro atoms. The Hall–Kier alpha value is -1.75. The van der Waals surface area contributed by atoms with Crippen LogP contribution in [0.15, 0.2) is 34.9 Å². The van der Waals surface area contributed by atoms with Crippen LogP contribution in [0.25, 0.3) is 15.4 Å². The molecule has 0 bridgehead atoms. The number of aliphatic hydroxyl groups excluding tert-OH is 3. The van der Waals surface area contributed by atoms with Crippen LogP contribution >= 0.6 is 46.3 Å². The molecule has 0 aliphatic carbocycles. The van der Waals surface area contributed by atoms with Gasteiger partial charge in [0.25, 0.3) is 5.82 Å². The van der Waals surface area contributed by atoms with E-state index in [-0.39, 0.29) is 5.82 Å². The minimum Gasteiger partial charge on any atom is -0.394 e. The van der Waals surface area contributed by atoms with Crippen molar-refractivity contribution in [3.8, 4) is 10.6 Å². The van der Waals surface area contributed by atoms with Crippen LogP contribution in [-0.2, 0) is 4.74 Å². The Kier molecular flexibility index (Phi) is 6.80. The second kappa shape index (κ2) is 9.40. The fourth-order valence-corrected chi connectivity index (χ4v) is 5.48. The van der Waals surface area contributed by atoms with Gasteiger partial charge in [0.15, 0.2) is 0 Å². The monoisotopic (exact) mass is 499 g/mol. The number of halogens is 2. The van der Waals surface area contributed by atoms with Crippen molar-refractivity contribution in [2.24, 2.45) is 0 Å². The zero-order valence-electron chi connectivity index (χ0n) is 15.5. The van der Waals surface area contributed by atoms with Crippen LogP contribution in [0, 0.1) is 6.57 Å². The van der Waals surface area contributed by atoms with Crippen molar-refractivity contribution in [1.29, 1.82) is 0 Å². The molecule has 2 unspecified atom stereocenters. The summed E-state index contributed by atoms with van der Waals surface area (Å²) >= 11 is 14.3. The van der Waals surface area contributed by atoms with Gasteiger partial charge < -0.3 is 24.9 Å². The molecule has 1 aliphatic rings. The number of pyridine rings is 1. The number of ether oxygens (including phenoxy) is 1. The van der Waals surface area contributed by atoms with Crippen LogP contribution in [0.5, 0.6) is 0 Å². The van der Waals surface area contributed by atoms with Crippen LogP contribution in [-0.4, -0.2) is 65.4 Å². The summed E-state index contributed by atoms with van der Waals surface area (Å²) in [5.41, 5.74) is -0.254. The van der Waals surface area contributed by atoms with E-state index in [1.165, 1.54) is 22.2 Å². The molecule has 3 aromatic heterocycles. The van der Waals surface area contributed by atoms with Crippen molar-refractivity contribution in [3.63, 3.8) is 0 Å². The van der Waals surface area contributed by atoms with Crippen molar-refractivity contribution >= 4 is 52.1 Å². The molecule has 0 aromatic carbocycles. The SMILES string of the molecule is [C-]#[N+]c1ncc(Cl)cc1S[C@H]1OC(CO)[C@H](O)[C@H](n2cc(-c3nc(Cl)cs3)cn2)C1O. The molecule has 1 saturated heterocycles. The number of aromatic nitrogens is 4. The average Bonchev–Trinajstić information content (AvgIpc) is 3.39. The van der Waals surface area contributed by atoms with Gasteiger partial charge in [0.1, 0.15) is 46.1 Å². The van der Waals surface area contributed by atoms with Gasteiger partial charge in [0.05, 0.1) is 17.8 Å². The topological polar surface area (TPSA) is 118 Å². The lowest BCUT2D eigenvalue weighted by Crippen LogP contribution is -2.54. The maximum atomic E-state index is 11.0. The lowest BCUT2D eigenvalue weighted by Gasteiger charge is -2.42. The summed E-state index contributed by atoms with van der Waals surface area (Å²) in [7, 11) is 0. The van der Waals surface area contributed by atoms with Crippen LogP contribution in [0.4, 0.5) is 5.82 Å². The first kappa shape index (κ1) is 22.4. The highest BCUT2D eigenvalue weighted by molar-refractivity contribution is 8.00. The number of thioether (sulfide) groups is 1. The molecule has 1 aliphatic heterocycles. The molecular formula is C18H15Cl2N5O4S2. The van der Waals surface area contributed by atoms with E-state index in [2.05, 4.69) is 19.9 Å². The molecule has 4 rings (SSSR count). The summed E-state index contributed by atoms with van der Waals surface area (Å²) < 4.78 is 7.14. The van der Waals surface area contributed by atoms with Crippen molar-refractivity contribution in [3.05, 3.63) is 51.6 Å². The van der Waals surface area contributed by atoms with E-state index in [1.54, 1.807) is 23.8 Å². The van der Waals surface area contributed by atoms with Crippen LogP contribution < -0.4 is 0 Å². The summed E-state index contributed by atoms with van der Waals surface area (Å²) in [6, 6.07) is 0.630. The van der Waals surface area contributed by atoms with Crippen LogP contribution in [0.1, 0.15) is 6.04 Å². The van der Waals surface area contributed by atoms with Crippen LogP contribution in [0.3, 0.4) is 0 Å².